The number of hydrogen-bond acceptors (Lipinski definition) is 6. The highest BCUT2D eigenvalue weighted by atomic mass is 16.7. The molecule has 0 aliphatic carbocycles. The van der Waals surface area contributed by atoms with Crippen molar-refractivity contribution in [3.05, 3.63) is 35.9 Å². The molecule has 2 N–H and O–H groups in total. The quantitative estimate of drug-likeness (QED) is 0.795. The summed E-state index contributed by atoms with van der Waals surface area (Å²) in [7, 11) is 1.30. The lowest BCUT2D eigenvalue weighted by Gasteiger charge is -2.33. The van der Waals surface area contributed by atoms with Crippen LogP contribution in [0.4, 0.5) is 10.5 Å². The van der Waals surface area contributed by atoms with Gasteiger partial charge in [0.15, 0.2) is 11.5 Å². The van der Waals surface area contributed by atoms with Crippen molar-refractivity contribution >= 4 is 17.7 Å². The molecule has 2 aliphatic heterocycles. The number of methoxy groups -OCH3 is 1. The van der Waals surface area contributed by atoms with Crippen LogP contribution in [0.15, 0.2) is 24.5 Å². The van der Waals surface area contributed by atoms with Crippen LogP contribution in [0.5, 0.6) is 11.5 Å². The molecule has 1 aromatic carbocycles. The van der Waals surface area contributed by atoms with Crippen LogP contribution in [-0.4, -0.2) is 46.8 Å². The monoisotopic (exact) mass is 344 g/mol. The normalized spacial score (nSPS) is 17.8. The smallest absolute Gasteiger partial charge is 0.329 e. The predicted octanol–water partition coefficient (Wildman–Crippen LogP) is 1.27. The van der Waals surface area contributed by atoms with Crippen LogP contribution in [0.2, 0.25) is 0 Å². The Labute approximate surface area is 142 Å². The summed E-state index contributed by atoms with van der Waals surface area (Å²) >= 11 is 0. The highest BCUT2D eigenvalue weighted by Crippen LogP contribution is 2.34. The Morgan fingerprint density at radius 1 is 1.36 bits per heavy atom. The molecular weight excluding hydrogens is 328 g/mol. The van der Waals surface area contributed by atoms with Gasteiger partial charge in [-0.1, -0.05) is 0 Å². The average Bonchev–Trinajstić information content (AvgIpc) is 3.27. The van der Waals surface area contributed by atoms with Gasteiger partial charge in [-0.25, -0.2) is 14.6 Å². The summed E-state index contributed by atoms with van der Waals surface area (Å²) in [5, 5.41) is 2.78. The molecule has 0 saturated carbocycles. The van der Waals surface area contributed by atoms with Gasteiger partial charge in [0.25, 0.3) is 0 Å². The van der Waals surface area contributed by atoms with E-state index in [1.165, 1.54) is 12.0 Å². The maximum atomic E-state index is 12.7. The Balaban J connectivity index is 1.56. The number of carbonyl (C=O) groups is 2. The second-order valence-corrected chi connectivity index (χ2v) is 5.70. The number of hydrogen-bond donors (Lipinski definition) is 2. The highest BCUT2D eigenvalue weighted by Gasteiger charge is 2.36. The number of nitrogens with zero attached hydrogens (tertiary/aromatic N) is 2. The molecule has 1 unspecified atom stereocenters. The van der Waals surface area contributed by atoms with Crippen molar-refractivity contribution < 1.29 is 23.8 Å². The SMILES string of the molecule is COC(=O)C1Cc2nc[nH]c2CN1C(=O)Nc1ccc2c(c1)OCO2. The second kappa shape index (κ2) is 6.00. The molecule has 0 bridgehead atoms. The zero-order valence-electron chi connectivity index (χ0n) is 13.4. The first-order valence-corrected chi connectivity index (χ1v) is 7.72. The third-order valence-electron chi connectivity index (χ3n) is 4.26. The Morgan fingerprint density at radius 2 is 2.20 bits per heavy atom. The van der Waals surface area contributed by atoms with Gasteiger partial charge in [0.05, 0.1) is 31.4 Å². The standard InChI is InChI=1S/C16H16N4O5/c1-23-15(21)12-5-10-11(18-7-17-10)6-20(12)16(22)19-9-2-3-13-14(4-9)25-8-24-13/h2-4,7,12H,5-6,8H2,1H3,(H,17,18)(H,19,22). The van der Waals surface area contributed by atoms with E-state index in [0.717, 1.165) is 11.4 Å². The summed E-state index contributed by atoms with van der Waals surface area (Å²) in [4.78, 5) is 33.4. The number of aromatic amines is 1. The summed E-state index contributed by atoms with van der Waals surface area (Å²) in [5.41, 5.74) is 2.12. The zero-order valence-corrected chi connectivity index (χ0v) is 13.4. The molecule has 3 heterocycles. The molecule has 2 aromatic rings. The first kappa shape index (κ1) is 15.3. The van der Waals surface area contributed by atoms with Gasteiger partial charge in [-0.2, -0.15) is 0 Å². The molecule has 1 atom stereocenters. The average molecular weight is 344 g/mol. The summed E-state index contributed by atoms with van der Waals surface area (Å²) in [5.74, 6) is 0.719. The molecule has 0 radical (unpaired) electrons. The zero-order chi connectivity index (χ0) is 17.4. The van der Waals surface area contributed by atoms with Crippen LogP contribution in [0.3, 0.4) is 0 Å². The van der Waals surface area contributed by atoms with Crippen LogP contribution in [0.25, 0.3) is 0 Å². The first-order chi connectivity index (χ1) is 12.2. The lowest BCUT2D eigenvalue weighted by Crippen LogP contribution is -2.50. The molecule has 25 heavy (non-hydrogen) atoms. The highest BCUT2D eigenvalue weighted by molar-refractivity contribution is 5.93. The van der Waals surface area contributed by atoms with E-state index >= 15 is 0 Å². The molecule has 1 aromatic heterocycles. The minimum Gasteiger partial charge on any atom is -0.467 e. The van der Waals surface area contributed by atoms with Gasteiger partial charge in [-0.3, -0.25) is 0 Å². The van der Waals surface area contributed by atoms with Gasteiger partial charge in [0, 0.05) is 18.2 Å². The van der Waals surface area contributed by atoms with Gasteiger partial charge in [-0.15, -0.1) is 0 Å². The molecule has 2 amide bonds. The van der Waals surface area contributed by atoms with Gasteiger partial charge in [0.2, 0.25) is 6.79 Å². The molecule has 9 heteroatoms. The third kappa shape index (κ3) is 2.73. The van der Waals surface area contributed by atoms with E-state index in [2.05, 4.69) is 15.3 Å². The molecule has 0 spiro atoms. The van der Waals surface area contributed by atoms with Crippen molar-refractivity contribution in [2.24, 2.45) is 0 Å². The number of benzene rings is 1. The number of H-pyrrole nitrogens is 1. The van der Waals surface area contributed by atoms with E-state index in [1.807, 2.05) is 0 Å². The summed E-state index contributed by atoms with van der Waals surface area (Å²) in [6, 6.07) is 3.98. The van der Waals surface area contributed by atoms with E-state index in [-0.39, 0.29) is 13.3 Å². The fraction of sp³-hybridized carbons (Fsp3) is 0.312. The van der Waals surface area contributed by atoms with Gasteiger partial charge in [-0.05, 0) is 12.1 Å². The Morgan fingerprint density at radius 3 is 3.04 bits per heavy atom. The van der Waals surface area contributed by atoms with Crippen LogP contribution in [0.1, 0.15) is 11.4 Å². The van der Waals surface area contributed by atoms with E-state index in [0.29, 0.717) is 23.6 Å². The second-order valence-electron chi connectivity index (χ2n) is 5.70. The Bertz CT molecular complexity index is 834. The van der Waals surface area contributed by atoms with Crippen molar-refractivity contribution in [2.45, 2.75) is 19.0 Å². The number of urea groups is 1. The maximum Gasteiger partial charge on any atom is 0.329 e. The van der Waals surface area contributed by atoms with E-state index in [9.17, 15) is 9.59 Å². The van der Waals surface area contributed by atoms with Crippen molar-refractivity contribution in [2.75, 3.05) is 19.2 Å². The lowest BCUT2D eigenvalue weighted by molar-refractivity contribution is -0.146. The van der Waals surface area contributed by atoms with E-state index in [4.69, 9.17) is 14.2 Å². The van der Waals surface area contributed by atoms with E-state index in [1.54, 1.807) is 24.5 Å². The van der Waals surface area contributed by atoms with Crippen LogP contribution < -0.4 is 14.8 Å². The number of aromatic nitrogens is 2. The number of amides is 2. The summed E-state index contributed by atoms with van der Waals surface area (Å²) < 4.78 is 15.4. The minimum atomic E-state index is -0.727. The Hall–Kier alpha value is -3.23. The molecule has 130 valence electrons. The van der Waals surface area contributed by atoms with Gasteiger partial charge >= 0.3 is 12.0 Å². The maximum absolute atomic E-state index is 12.7. The first-order valence-electron chi connectivity index (χ1n) is 7.72. The fourth-order valence-electron chi connectivity index (χ4n) is 2.97. The number of esters is 1. The number of fused-ring (bicyclic) bond motifs is 2. The molecular formula is C16H16N4O5. The number of imidazole rings is 1. The van der Waals surface area contributed by atoms with Gasteiger partial charge in [0.1, 0.15) is 6.04 Å². The predicted molar refractivity (Wildman–Crippen MR) is 85.2 cm³/mol. The number of nitrogens with one attached hydrogen (secondary N) is 2. The van der Waals surface area contributed by atoms with Crippen molar-refractivity contribution in [1.82, 2.24) is 14.9 Å². The van der Waals surface area contributed by atoms with Crippen molar-refractivity contribution in [3.8, 4) is 11.5 Å². The molecule has 2 aliphatic rings. The molecule has 0 fully saturated rings. The number of ether oxygens (including phenoxy) is 3. The van der Waals surface area contributed by atoms with Crippen LogP contribution in [-0.2, 0) is 22.5 Å². The molecule has 4 rings (SSSR count). The third-order valence-corrected chi connectivity index (χ3v) is 4.26. The minimum absolute atomic E-state index is 0.159. The lowest BCUT2D eigenvalue weighted by atomic mass is 10.0. The van der Waals surface area contributed by atoms with Crippen LogP contribution in [0, 0.1) is 0 Å². The summed E-state index contributed by atoms with van der Waals surface area (Å²) in [6.07, 6.45) is 1.86. The topological polar surface area (TPSA) is 106 Å². The van der Waals surface area contributed by atoms with Crippen molar-refractivity contribution in [3.63, 3.8) is 0 Å². The summed E-state index contributed by atoms with van der Waals surface area (Å²) in [6.45, 7) is 0.400. The number of rotatable bonds is 2. The number of carbonyl (C=O) groups excluding carboxylic acids is 2. The fourth-order valence-corrected chi connectivity index (χ4v) is 2.97. The molecule has 9 nitrogen and oxygen atoms in total. The van der Waals surface area contributed by atoms with Gasteiger partial charge < -0.3 is 29.4 Å². The molecule has 0 saturated heterocycles. The van der Waals surface area contributed by atoms with E-state index < -0.39 is 18.0 Å². The van der Waals surface area contributed by atoms with Crippen molar-refractivity contribution in [1.29, 1.82) is 0 Å². The number of anilines is 1. The van der Waals surface area contributed by atoms with Crippen LogP contribution >= 0.6 is 0 Å². The Kier molecular flexibility index (Phi) is 3.68. The largest absolute Gasteiger partial charge is 0.467 e.